The van der Waals surface area contributed by atoms with Crippen molar-refractivity contribution in [2.75, 3.05) is 36.0 Å². The third kappa shape index (κ3) is 4.59. The number of hydrogen-bond acceptors (Lipinski definition) is 6. The highest BCUT2D eigenvalue weighted by atomic mass is 35.5. The number of piperazine rings is 1. The van der Waals surface area contributed by atoms with Crippen LogP contribution >= 0.6 is 22.9 Å². The van der Waals surface area contributed by atoms with Gasteiger partial charge in [0.05, 0.1) is 12.7 Å². The minimum atomic E-state index is -4.39. The lowest BCUT2D eigenvalue weighted by atomic mass is 10.2. The molecule has 3 aromatic rings. The molecule has 1 aliphatic rings. The Balaban J connectivity index is 1.40. The van der Waals surface area contributed by atoms with Gasteiger partial charge in [0, 0.05) is 41.8 Å². The van der Waals surface area contributed by atoms with Crippen molar-refractivity contribution in [3.63, 3.8) is 0 Å². The van der Waals surface area contributed by atoms with Crippen molar-refractivity contribution in [1.29, 1.82) is 0 Å². The first-order chi connectivity index (χ1) is 14.3. The van der Waals surface area contributed by atoms with Crippen LogP contribution in [0.4, 0.5) is 24.7 Å². The second-order valence-electron chi connectivity index (χ2n) is 6.77. The highest BCUT2D eigenvalue weighted by molar-refractivity contribution is 7.12. The summed E-state index contributed by atoms with van der Waals surface area (Å²) in [6.45, 7) is 2.79. The van der Waals surface area contributed by atoms with Crippen molar-refractivity contribution in [1.82, 2.24) is 14.8 Å². The van der Waals surface area contributed by atoms with E-state index >= 15 is 0 Å². The number of alkyl halides is 3. The summed E-state index contributed by atoms with van der Waals surface area (Å²) in [5, 5.41) is 4.79. The largest absolute Gasteiger partial charge is 0.425 e. The van der Waals surface area contributed by atoms with Crippen LogP contribution in [-0.4, -0.2) is 40.9 Å². The molecule has 11 heteroatoms. The number of benzene rings is 1. The molecule has 158 valence electrons. The van der Waals surface area contributed by atoms with Crippen molar-refractivity contribution >= 4 is 34.4 Å². The van der Waals surface area contributed by atoms with Gasteiger partial charge >= 0.3 is 11.9 Å². The number of rotatable bonds is 4. The molecule has 1 fully saturated rings. The lowest BCUT2D eigenvalue weighted by Gasteiger charge is -2.36. The minimum absolute atomic E-state index is 0.0444. The number of nitrogens with zero attached hydrogens (tertiary/aromatic N) is 5. The molecule has 0 radical (unpaired) electrons. The summed E-state index contributed by atoms with van der Waals surface area (Å²) in [4.78, 5) is 20.3. The van der Waals surface area contributed by atoms with Crippen molar-refractivity contribution in [2.45, 2.75) is 12.7 Å². The molecule has 0 unspecified atom stereocenters. The molecule has 1 saturated heterocycles. The number of hydrogen-bond donors (Lipinski definition) is 0. The van der Waals surface area contributed by atoms with Gasteiger partial charge in [0.2, 0.25) is 0 Å². The molecular weight excluding hydrogens is 439 g/mol. The van der Waals surface area contributed by atoms with E-state index in [1.165, 1.54) is 12.3 Å². The van der Waals surface area contributed by atoms with Gasteiger partial charge in [-0.1, -0.05) is 11.6 Å². The molecule has 0 N–H and O–H groups in total. The van der Waals surface area contributed by atoms with E-state index in [9.17, 15) is 18.0 Å². The monoisotopic (exact) mass is 455 g/mol. The molecule has 0 atom stereocenters. The highest BCUT2D eigenvalue weighted by Gasteiger charge is 2.32. The van der Waals surface area contributed by atoms with Gasteiger partial charge in [-0.25, -0.2) is 9.48 Å². The van der Waals surface area contributed by atoms with Crippen LogP contribution < -0.4 is 15.5 Å². The summed E-state index contributed by atoms with van der Waals surface area (Å²) in [6, 6.07) is 9.99. The topological polar surface area (TPSA) is 54.3 Å². The smallest absolute Gasteiger partial charge is 0.368 e. The number of halogens is 4. The van der Waals surface area contributed by atoms with Gasteiger partial charge in [-0.15, -0.1) is 11.3 Å². The van der Waals surface area contributed by atoms with E-state index in [0.29, 0.717) is 40.1 Å². The van der Waals surface area contributed by atoms with E-state index in [-0.39, 0.29) is 6.54 Å². The van der Waals surface area contributed by atoms with Gasteiger partial charge in [-0.05, 0) is 36.4 Å². The van der Waals surface area contributed by atoms with Crippen LogP contribution in [0.15, 0.2) is 47.4 Å². The van der Waals surface area contributed by atoms with Crippen LogP contribution in [0.1, 0.15) is 9.75 Å². The molecule has 2 aromatic heterocycles. The van der Waals surface area contributed by atoms with Gasteiger partial charge in [-0.2, -0.15) is 23.3 Å². The Morgan fingerprint density at radius 1 is 1.00 bits per heavy atom. The average Bonchev–Trinajstić information content (AvgIpc) is 3.20. The predicted octanol–water partition coefficient (Wildman–Crippen LogP) is 3.75. The Kier molecular flexibility index (Phi) is 5.70. The van der Waals surface area contributed by atoms with E-state index in [4.69, 9.17) is 11.6 Å². The van der Waals surface area contributed by atoms with Gasteiger partial charge in [-0.3, -0.25) is 0 Å². The lowest BCUT2D eigenvalue weighted by Crippen LogP contribution is -2.47. The van der Waals surface area contributed by atoms with Gasteiger partial charge < -0.3 is 9.80 Å². The summed E-state index contributed by atoms with van der Waals surface area (Å²) in [5.74, 6) is 0.467. The van der Waals surface area contributed by atoms with Crippen LogP contribution in [-0.2, 0) is 12.7 Å². The average molecular weight is 456 g/mol. The Hall–Kier alpha value is -2.59. The molecule has 6 nitrogen and oxygen atoms in total. The van der Waals surface area contributed by atoms with Crippen LogP contribution in [0.2, 0.25) is 5.02 Å². The van der Waals surface area contributed by atoms with Crippen LogP contribution in [0, 0.1) is 0 Å². The maximum atomic E-state index is 12.7. The van der Waals surface area contributed by atoms with Crippen molar-refractivity contribution in [3.8, 4) is 0 Å². The maximum absolute atomic E-state index is 12.7. The summed E-state index contributed by atoms with van der Waals surface area (Å²) in [5.41, 5.74) is 0.490. The number of thiophene rings is 1. The minimum Gasteiger partial charge on any atom is -0.368 e. The fourth-order valence-electron chi connectivity index (χ4n) is 3.22. The van der Waals surface area contributed by atoms with Crippen LogP contribution in [0.5, 0.6) is 0 Å². The standard InChI is InChI=1S/C19H17ClF3N5OS/c20-13-1-3-14(4-2-13)26-7-9-27(10-8-26)17-11-24-28(18(29)25-17)12-15-5-6-16(30-15)19(21,22)23/h1-6,11H,7-10,12H2. The SMILES string of the molecule is O=c1nc(N2CCN(c3ccc(Cl)cc3)CC2)cnn1Cc1ccc(C(F)(F)F)s1. The van der Waals surface area contributed by atoms with E-state index < -0.39 is 16.7 Å². The van der Waals surface area contributed by atoms with Crippen molar-refractivity contribution in [2.24, 2.45) is 0 Å². The van der Waals surface area contributed by atoms with Crippen LogP contribution in [0.25, 0.3) is 0 Å². The highest BCUT2D eigenvalue weighted by Crippen LogP contribution is 2.34. The van der Waals surface area contributed by atoms with Crippen LogP contribution in [0.3, 0.4) is 0 Å². The zero-order valence-electron chi connectivity index (χ0n) is 15.6. The molecule has 30 heavy (non-hydrogen) atoms. The third-order valence-corrected chi connectivity index (χ3v) is 6.15. The number of anilines is 2. The second kappa shape index (κ2) is 8.27. The molecule has 0 spiro atoms. The maximum Gasteiger partial charge on any atom is 0.425 e. The molecule has 0 aliphatic carbocycles. The molecule has 0 bridgehead atoms. The van der Waals surface area contributed by atoms with E-state index in [0.717, 1.165) is 29.5 Å². The van der Waals surface area contributed by atoms with Crippen molar-refractivity contribution < 1.29 is 13.2 Å². The summed E-state index contributed by atoms with van der Waals surface area (Å²) in [6.07, 6.45) is -2.91. The second-order valence-corrected chi connectivity index (χ2v) is 8.37. The van der Waals surface area contributed by atoms with E-state index in [1.54, 1.807) is 0 Å². The fourth-order valence-corrected chi connectivity index (χ4v) is 4.21. The first-order valence-electron chi connectivity index (χ1n) is 9.15. The summed E-state index contributed by atoms with van der Waals surface area (Å²) >= 11 is 6.53. The van der Waals surface area contributed by atoms with Crippen molar-refractivity contribution in [3.05, 3.63) is 67.9 Å². The lowest BCUT2D eigenvalue weighted by molar-refractivity contribution is -0.134. The first-order valence-corrected chi connectivity index (χ1v) is 10.3. The normalized spacial score (nSPS) is 14.9. The first kappa shape index (κ1) is 20.7. The third-order valence-electron chi connectivity index (χ3n) is 4.79. The molecule has 1 aromatic carbocycles. The molecule has 0 saturated carbocycles. The molecule has 1 aliphatic heterocycles. The zero-order valence-corrected chi connectivity index (χ0v) is 17.2. The Labute approximate surface area is 179 Å². The van der Waals surface area contributed by atoms with Gasteiger partial charge in [0.1, 0.15) is 4.88 Å². The molecule has 0 amide bonds. The molecular formula is C19H17ClF3N5OS. The Morgan fingerprint density at radius 3 is 2.27 bits per heavy atom. The Morgan fingerprint density at radius 2 is 1.67 bits per heavy atom. The van der Waals surface area contributed by atoms with E-state index in [2.05, 4.69) is 15.0 Å². The van der Waals surface area contributed by atoms with Gasteiger partial charge in [0.15, 0.2) is 5.82 Å². The quantitative estimate of drug-likeness (QED) is 0.600. The predicted molar refractivity (Wildman–Crippen MR) is 111 cm³/mol. The molecule has 4 rings (SSSR count). The Bertz CT molecular complexity index is 1070. The zero-order chi connectivity index (χ0) is 21.3. The summed E-state index contributed by atoms with van der Waals surface area (Å²) in [7, 11) is 0. The summed E-state index contributed by atoms with van der Waals surface area (Å²) < 4.78 is 39.3. The van der Waals surface area contributed by atoms with E-state index in [1.807, 2.05) is 29.2 Å². The fraction of sp³-hybridized carbons (Fsp3) is 0.316. The van der Waals surface area contributed by atoms with Gasteiger partial charge in [0.25, 0.3) is 0 Å². The molecule has 3 heterocycles. The number of aromatic nitrogens is 3.